The first kappa shape index (κ1) is 30.9. The van der Waals surface area contributed by atoms with Gasteiger partial charge in [-0.05, 0) is 50.1 Å². The zero-order valence-corrected chi connectivity index (χ0v) is 28.4. The number of anilines is 1. The van der Waals surface area contributed by atoms with Crippen LogP contribution in [0.2, 0.25) is 0 Å². The summed E-state index contributed by atoms with van der Waals surface area (Å²) < 4.78 is 26.9. The fourth-order valence-corrected chi connectivity index (χ4v) is 8.42. The molecule has 0 saturated heterocycles. The third-order valence-corrected chi connectivity index (χ3v) is 10.2. The number of aryl methyl sites for hydroxylation is 3. The molecule has 242 valence electrons. The van der Waals surface area contributed by atoms with E-state index in [0.717, 1.165) is 16.8 Å². The van der Waals surface area contributed by atoms with Crippen molar-refractivity contribution in [1.82, 2.24) is 0 Å². The molecule has 8 rings (SSSR count). The minimum atomic E-state index is -4.74. The van der Waals surface area contributed by atoms with Gasteiger partial charge in [-0.3, -0.25) is 0 Å². The maximum atomic E-state index is 13.2. The number of benzene rings is 6. The fraction of sp³-hybridized carbons (Fsp3) is 0.119. The molecule has 0 bridgehead atoms. The van der Waals surface area contributed by atoms with Crippen molar-refractivity contribution in [1.29, 1.82) is 0 Å². The highest BCUT2D eigenvalue weighted by atomic mass is 31.2. The lowest BCUT2D eigenvalue weighted by Crippen LogP contribution is -2.26. The topological polar surface area (TPSA) is 64.8 Å². The van der Waals surface area contributed by atoms with E-state index < -0.39 is 7.82 Å². The molecule has 2 heterocycles. The van der Waals surface area contributed by atoms with Crippen LogP contribution in [0.4, 0.5) is 11.4 Å². The van der Waals surface area contributed by atoms with Crippen LogP contribution >= 0.6 is 7.82 Å². The van der Waals surface area contributed by atoms with E-state index in [-0.39, 0.29) is 23.6 Å². The van der Waals surface area contributed by atoms with Gasteiger partial charge in [-0.2, -0.15) is 0 Å². The number of phosphoric ester groups is 1. The van der Waals surface area contributed by atoms with Crippen LogP contribution in [-0.4, -0.2) is 10.9 Å². The average molecular weight is 663 g/mol. The normalized spacial score (nSPS) is 19.6. The Balaban J connectivity index is 1.39. The Labute approximate surface area is 286 Å². The zero-order chi connectivity index (χ0) is 33.7. The number of rotatable bonds is 5. The first-order valence-corrected chi connectivity index (χ1v) is 17.9. The van der Waals surface area contributed by atoms with Gasteiger partial charge in [-0.15, -0.1) is 0 Å². The third-order valence-electron chi connectivity index (χ3n) is 9.40. The zero-order valence-electron chi connectivity index (χ0n) is 27.5. The Morgan fingerprint density at radius 1 is 0.633 bits per heavy atom. The molecule has 1 unspecified atom stereocenters. The van der Waals surface area contributed by atoms with E-state index in [0.29, 0.717) is 16.7 Å². The molecule has 0 aromatic heterocycles. The predicted molar refractivity (Wildman–Crippen MR) is 194 cm³/mol. The van der Waals surface area contributed by atoms with Gasteiger partial charge in [0.2, 0.25) is 6.34 Å². The molecule has 0 fully saturated rings. The molecule has 6 aromatic carbocycles. The molecule has 0 aliphatic carbocycles. The largest absolute Gasteiger partial charge is 0.736 e. The Bertz CT molecular complexity index is 2260. The smallest absolute Gasteiger partial charge is 0.372 e. The Morgan fingerprint density at radius 3 is 1.88 bits per heavy atom. The molecule has 49 heavy (non-hydrogen) atoms. The van der Waals surface area contributed by atoms with Gasteiger partial charge in [0, 0.05) is 33.4 Å². The van der Waals surface area contributed by atoms with Gasteiger partial charge < -0.3 is 13.9 Å². The highest BCUT2D eigenvalue weighted by Gasteiger charge is 2.47. The molecule has 0 spiro atoms. The molecular formula is C42H35N2O4P. The Hall–Kier alpha value is -5.42. The summed E-state index contributed by atoms with van der Waals surface area (Å²) in [6, 6.07) is 46.5. The molecule has 0 radical (unpaired) electrons. The molecule has 3 atom stereocenters. The fourth-order valence-electron chi connectivity index (χ4n) is 7.56. The van der Waals surface area contributed by atoms with E-state index in [1.54, 1.807) is 12.1 Å². The summed E-state index contributed by atoms with van der Waals surface area (Å²) in [4.78, 5) is 15.5. The van der Waals surface area contributed by atoms with Crippen molar-refractivity contribution >= 4 is 25.5 Å². The quantitative estimate of drug-likeness (QED) is 0.136. The van der Waals surface area contributed by atoms with Crippen LogP contribution in [0.25, 0.3) is 22.3 Å². The van der Waals surface area contributed by atoms with Gasteiger partial charge in [0.1, 0.15) is 22.9 Å². The molecule has 6 aromatic rings. The predicted octanol–water partition coefficient (Wildman–Crippen LogP) is 9.86. The van der Waals surface area contributed by atoms with Gasteiger partial charge in [-0.1, -0.05) is 127 Å². The van der Waals surface area contributed by atoms with Gasteiger partial charge in [0.25, 0.3) is 0 Å². The van der Waals surface area contributed by atoms with Crippen LogP contribution in [0.3, 0.4) is 0 Å². The van der Waals surface area contributed by atoms with E-state index in [2.05, 4.69) is 109 Å². The molecule has 7 heteroatoms. The lowest BCUT2D eigenvalue weighted by molar-refractivity contribution is -0.482. The van der Waals surface area contributed by atoms with Crippen molar-refractivity contribution in [2.75, 3.05) is 4.90 Å². The number of fused-ring (bicyclic) bond motifs is 3. The first-order valence-electron chi connectivity index (χ1n) is 16.4. The minimum Gasteiger partial charge on any atom is -0.736 e. The summed E-state index contributed by atoms with van der Waals surface area (Å²) in [5.74, 6) is 0.489. The van der Waals surface area contributed by atoms with Crippen molar-refractivity contribution in [2.45, 2.75) is 32.9 Å². The molecule has 2 aliphatic rings. The Kier molecular flexibility index (Phi) is 7.71. The van der Waals surface area contributed by atoms with Crippen molar-refractivity contribution in [3.63, 3.8) is 0 Å². The molecule has 0 saturated carbocycles. The number of para-hydroxylation sites is 3. The summed E-state index contributed by atoms with van der Waals surface area (Å²) in [5.41, 5.74) is 10.8. The van der Waals surface area contributed by atoms with E-state index in [4.69, 9.17) is 9.05 Å². The second-order valence-electron chi connectivity index (χ2n) is 12.7. The van der Waals surface area contributed by atoms with E-state index in [1.165, 1.54) is 27.9 Å². The molecule has 2 aliphatic heterocycles. The van der Waals surface area contributed by atoms with Crippen molar-refractivity contribution in [2.24, 2.45) is 0 Å². The van der Waals surface area contributed by atoms with Crippen LogP contribution in [0.1, 0.15) is 39.9 Å². The van der Waals surface area contributed by atoms with Crippen molar-refractivity contribution in [3.8, 4) is 33.8 Å². The maximum Gasteiger partial charge on any atom is 0.372 e. The number of hydrogen-bond acceptors (Lipinski definition) is 5. The summed E-state index contributed by atoms with van der Waals surface area (Å²) in [6.45, 7) is 6.49. The lowest BCUT2D eigenvalue weighted by Gasteiger charge is -2.26. The Morgan fingerprint density at radius 2 is 1.18 bits per heavy atom. The standard InChI is InChI=1S/C42H35N2O4P/c1-28-25-29(2)39(30(3)26-28)44-27-43(40(31-15-6-4-7-16-31)41(44)32-17-8-5-9-18-32)37-23-12-10-19-33(37)35-21-14-22-36-34-20-11-13-24-38(34)47-49(45,46)48-42(35)36/h4-27,40-41H,1-3H3/t40-,41-/m0/s1. The van der Waals surface area contributed by atoms with E-state index in [9.17, 15) is 9.46 Å². The van der Waals surface area contributed by atoms with Crippen LogP contribution < -0.4 is 18.8 Å². The number of hydrogen-bond donors (Lipinski definition) is 0. The highest BCUT2D eigenvalue weighted by Crippen LogP contribution is 2.56. The van der Waals surface area contributed by atoms with Crippen LogP contribution in [0, 0.1) is 20.8 Å². The third kappa shape index (κ3) is 5.53. The molecule has 0 amide bonds. The summed E-state index contributed by atoms with van der Waals surface area (Å²) in [6.07, 6.45) is 2.22. The van der Waals surface area contributed by atoms with Crippen LogP contribution in [-0.2, 0) is 4.57 Å². The summed E-state index contributed by atoms with van der Waals surface area (Å²) in [5, 5.41) is 0. The molecule has 0 N–H and O–H groups in total. The maximum absolute atomic E-state index is 13.2. The van der Waals surface area contributed by atoms with Crippen molar-refractivity contribution in [3.05, 3.63) is 167 Å². The van der Waals surface area contributed by atoms with Gasteiger partial charge in [0.15, 0.2) is 12.1 Å². The average Bonchev–Trinajstić information content (AvgIpc) is 3.43. The number of phosphoric acid groups is 1. The monoisotopic (exact) mass is 662 g/mol. The van der Waals surface area contributed by atoms with Crippen LogP contribution in [0.15, 0.2) is 140 Å². The molecule has 6 nitrogen and oxygen atoms in total. The second-order valence-corrected chi connectivity index (χ2v) is 14.0. The van der Waals surface area contributed by atoms with Gasteiger partial charge in [0.05, 0.1) is 0 Å². The van der Waals surface area contributed by atoms with Crippen LogP contribution in [0.5, 0.6) is 11.5 Å². The summed E-state index contributed by atoms with van der Waals surface area (Å²) in [7, 11) is -4.74. The van der Waals surface area contributed by atoms with Gasteiger partial charge >= 0.3 is 7.82 Å². The first-order chi connectivity index (χ1) is 23.8. The number of nitrogens with zero attached hydrogens (tertiary/aromatic N) is 2. The van der Waals surface area contributed by atoms with E-state index >= 15 is 0 Å². The second kappa shape index (κ2) is 12.2. The minimum absolute atomic E-state index is 0.0805. The van der Waals surface area contributed by atoms with E-state index in [1.807, 2.05) is 54.6 Å². The SMILES string of the molecule is Cc1cc(C)c([N+]2=CN(c3ccccc3-c3cccc4c3OP(=O)([O-])Oc3ccccc3-4)[C@@H](c3ccccc3)[C@@H]2c2ccccc2)c(C)c1. The van der Waals surface area contributed by atoms with Gasteiger partial charge in [-0.25, -0.2) is 14.0 Å². The van der Waals surface area contributed by atoms with Crippen molar-refractivity contribution < 1.29 is 23.1 Å². The lowest BCUT2D eigenvalue weighted by atomic mass is 9.90. The highest BCUT2D eigenvalue weighted by molar-refractivity contribution is 7.46. The summed E-state index contributed by atoms with van der Waals surface area (Å²) >= 11 is 0. The molecular weight excluding hydrogens is 627 g/mol.